The molecule has 33 heavy (non-hydrogen) atoms. The number of ether oxygens (including phenoxy) is 1. The second-order valence-corrected chi connectivity index (χ2v) is 8.29. The highest BCUT2D eigenvalue weighted by atomic mass is 16.6. The Balaban J connectivity index is 1.37. The number of nitrogens with zero attached hydrogens (tertiary/aromatic N) is 4. The van der Waals surface area contributed by atoms with E-state index in [1.165, 1.54) is 12.1 Å². The number of non-ortho nitro benzene ring substituents is 1. The number of rotatable bonds is 6. The lowest BCUT2D eigenvalue weighted by Gasteiger charge is -2.36. The molecule has 0 saturated carbocycles. The number of nitro groups is 1. The molecule has 0 bridgehead atoms. The Hall–Kier alpha value is -3.62. The quantitative estimate of drug-likeness (QED) is 0.377. The predicted octanol–water partition coefficient (Wildman–Crippen LogP) is 3.09. The van der Waals surface area contributed by atoms with E-state index in [-0.39, 0.29) is 23.8 Å². The van der Waals surface area contributed by atoms with E-state index in [2.05, 4.69) is 9.80 Å². The van der Waals surface area contributed by atoms with E-state index in [4.69, 9.17) is 4.74 Å². The first-order chi connectivity index (χ1) is 16.0. The Labute approximate surface area is 192 Å². The smallest absolute Gasteiger partial charge is 0.341 e. The van der Waals surface area contributed by atoms with Crippen LogP contribution < -0.4 is 9.80 Å². The Morgan fingerprint density at radius 3 is 2.24 bits per heavy atom. The van der Waals surface area contributed by atoms with Gasteiger partial charge in [-0.15, -0.1) is 0 Å². The van der Waals surface area contributed by atoms with Gasteiger partial charge in [0.2, 0.25) is 0 Å². The van der Waals surface area contributed by atoms with Crippen molar-refractivity contribution in [1.82, 2.24) is 4.90 Å². The summed E-state index contributed by atoms with van der Waals surface area (Å²) in [6.07, 6.45) is 3.12. The second kappa shape index (κ2) is 10.3. The number of nitro benzene ring substituents is 1. The number of hydrogen-bond acceptors (Lipinski definition) is 7. The van der Waals surface area contributed by atoms with Crippen LogP contribution in [0, 0.1) is 10.1 Å². The van der Waals surface area contributed by atoms with Crippen molar-refractivity contribution in [2.45, 2.75) is 19.3 Å². The zero-order chi connectivity index (χ0) is 23.2. The molecule has 0 N–H and O–H groups in total. The van der Waals surface area contributed by atoms with Crippen LogP contribution in [0.15, 0.2) is 48.5 Å². The molecule has 2 aromatic rings. The van der Waals surface area contributed by atoms with Crippen LogP contribution in [0.4, 0.5) is 17.1 Å². The van der Waals surface area contributed by atoms with Crippen molar-refractivity contribution in [2.24, 2.45) is 0 Å². The molecular weight excluding hydrogens is 424 g/mol. The molecule has 2 aliphatic rings. The molecule has 0 aliphatic carbocycles. The van der Waals surface area contributed by atoms with Crippen molar-refractivity contribution in [3.05, 3.63) is 64.2 Å². The number of piperidine rings is 1. The number of amides is 1. The summed E-state index contributed by atoms with van der Waals surface area (Å²) >= 11 is 0. The Morgan fingerprint density at radius 2 is 1.58 bits per heavy atom. The van der Waals surface area contributed by atoms with Gasteiger partial charge < -0.3 is 19.4 Å². The first-order valence-corrected chi connectivity index (χ1v) is 11.3. The van der Waals surface area contributed by atoms with Gasteiger partial charge in [-0.25, -0.2) is 4.79 Å². The molecule has 0 atom stereocenters. The first kappa shape index (κ1) is 22.6. The van der Waals surface area contributed by atoms with E-state index in [0.717, 1.165) is 38.0 Å². The summed E-state index contributed by atoms with van der Waals surface area (Å²) in [7, 11) is 0. The van der Waals surface area contributed by atoms with Crippen molar-refractivity contribution in [3.63, 3.8) is 0 Å². The number of para-hydroxylation sites is 1. The number of hydrogen-bond donors (Lipinski definition) is 0. The van der Waals surface area contributed by atoms with Crippen LogP contribution in [-0.2, 0) is 9.53 Å². The van der Waals surface area contributed by atoms with Gasteiger partial charge in [-0.1, -0.05) is 18.2 Å². The normalized spacial score (nSPS) is 16.4. The Morgan fingerprint density at radius 1 is 0.879 bits per heavy atom. The predicted molar refractivity (Wildman–Crippen MR) is 125 cm³/mol. The highest BCUT2D eigenvalue weighted by Gasteiger charge is 2.25. The lowest BCUT2D eigenvalue weighted by molar-refractivity contribution is -0.384. The standard InChI is InChI=1S/C24H28N4O5/c29-23(27-15-13-25(14-16-27)19-7-3-1-4-8-19)18-33-24(30)21-17-20(28(31)32)9-10-22(21)26-11-5-2-6-12-26/h1,3-4,7-10,17H,2,5-6,11-16,18H2. The van der Waals surface area contributed by atoms with Crippen LogP contribution in [0.25, 0.3) is 0 Å². The van der Waals surface area contributed by atoms with Crippen LogP contribution >= 0.6 is 0 Å². The molecule has 1 amide bonds. The largest absolute Gasteiger partial charge is 0.452 e. The number of piperazine rings is 1. The molecule has 2 fully saturated rings. The second-order valence-electron chi connectivity index (χ2n) is 8.29. The summed E-state index contributed by atoms with van der Waals surface area (Å²) in [4.78, 5) is 42.2. The fourth-order valence-corrected chi connectivity index (χ4v) is 4.36. The lowest BCUT2D eigenvalue weighted by Crippen LogP contribution is -2.49. The van der Waals surface area contributed by atoms with E-state index in [9.17, 15) is 19.7 Å². The van der Waals surface area contributed by atoms with Crippen LogP contribution in [0.3, 0.4) is 0 Å². The number of benzene rings is 2. The van der Waals surface area contributed by atoms with Gasteiger partial charge in [0.25, 0.3) is 11.6 Å². The summed E-state index contributed by atoms with van der Waals surface area (Å²) in [5, 5.41) is 11.2. The van der Waals surface area contributed by atoms with Gasteiger partial charge in [0.1, 0.15) is 0 Å². The fraction of sp³-hybridized carbons (Fsp3) is 0.417. The Kier molecular flexibility index (Phi) is 7.07. The van der Waals surface area contributed by atoms with Crippen LogP contribution in [0.5, 0.6) is 0 Å². The average Bonchev–Trinajstić information content (AvgIpc) is 2.87. The van der Waals surface area contributed by atoms with Gasteiger partial charge in [0.15, 0.2) is 6.61 Å². The summed E-state index contributed by atoms with van der Waals surface area (Å²) in [6, 6.07) is 14.3. The van der Waals surface area contributed by atoms with Crippen LogP contribution in [0.1, 0.15) is 29.6 Å². The molecule has 0 unspecified atom stereocenters. The summed E-state index contributed by atoms with van der Waals surface area (Å²) in [5.41, 5.74) is 1.69. The van der Waals surface area contributed by atoms with Crippen molar-refractivity contribution < 1.29 is 19.2 Å². The minimum Gasteiger partial charge on any atom is -0.452 e. The topological polar surface area (TPSA) is 96.2 Å². The molecule has 174 valence electrons. The molecular formula is C24H28N4O5. The third kappa shape index (κ3) is 5.42. The van der Waals surface area contributed by atoms with E-state index in [1.807, 2.05) is 30.3 Å². The molecule has 9 nitrogen and oxygen atoms in total. The number of carbonyl (C=O) groups is 2. The number of anilines is 2. The minimum absolute atomic E-state index is 0.132. The highest BCUT2D eigenvalue weighted by molar-refractivity contribution is 5.97. The maximum absolute atomic E-state index is 12.9. The molecule has 2 saturated heterocycles. The van der Waals surface area contributed by atoms with Gasteiger partial charge in [-0.05, 0) is 37.5 Å². The molecule has 2 heterocycles. The SMILES string of the molecule is O=C(OCC(=O)N1CCN(c2ccccc2)CC1)c1cc([N+](=O)[O-])ccc1N1CCCCC1. The molecule has 0 spiro atoms. The summed E-state index contributed by atoms with van der Waals surface area (Å²) < 4.78 is 5.33. The number of carbonyl (C=O) groups excluding carboxylic acids is 2. The molecule has 2 aromatic carbocycles. The maximum Gasteiger partial charge on any atom is 0.341 e. The van der Waals surface area contributed by atoms with E-state index >= 15 is 0 Å². The maximum atomic E-state index is 12.9. The molecule has 2 aliphatic heterocycles. The van der Waals surface area contributed by atoms with Crippen molar-refractivity contribution in [1.29, 1.82) is 0 Å². The monoisotopic (exact) mass is 452 g/mol. The molecule has 0 radical (unpaired) electrons. The lowest BCUT2D eigenvalue weighted by atomic mass is 10.1. The van der Waals surface area contributed by atoms with Crippen LogP contribution in [0.2, 0.25) is 0 Å². The fourth-order valence-electron chi connectivity index (χ4n) is 4.36. The van der Waals surface area contributed by atoms with E-state index in [0.29, 0.717) is 31.9 Å². The Bertz CT molecular complexity index is 999. The van der Waals surface area contributed by atoms with Gasteiger partial charge in [-0.3, -0.25) is 14.9 Å². The molecule has 4 rings (SSSR count). The molecule has 9 heteroatoms. The zero-order valence-corrected chi connectivity index (χ0v) is 18.5. The van der Waals surface area contributed by atoms with Crippen molar-refractivity contribution in [3.8, 4) is 0 Å². The summed E-state index contributed by atoms with van der Waals surface area (Å²) in [5.74, 6) is -0.975. The van der Waals surface area contributed by atoms with Crippen molar-refractivity contribution >= 4 is 28.9 Å². The van der Waals surface area contributed by atoms with E-state index < -0.39 is 10.9 Å². The van der Waals surface area contributed by atoms with Crippen LogP contribution in [-0.4, -0.2) is 67.6 Å². The highest BCUT2D eigenvalue weighted by Crippen LogP contribution is 2.28. The van der Waals surface area contributed by atoms with Gasteiger partial charge in [0.05, 0.1) is 16.2 Å². The minimum atomic E-state index is -0.712. The van der Waals surface area contributed by atoms with Crippen molar-refractivity contribution in [2.75, 3.05) is 55.7 Å². The van der Waals surface area contributed by atoms with Gasteiger partial charge >= 0.3 is 5.97 Å². The first-order valence-electron chi connectivity index (χ1n) is 11.3. The van der Waals surface area contributed by atoms with Gasteiger partial charge in [0, 0.05) is 57.1 Å². The summed E-state index contributed by atoms with van der Waals surface area (Å²) in [6.45, 7) is 3.67. The number of esters is 1. The van der Waals surface area contributed by atoms with E-state index in [1.54, 1.807) is 11.0 Å². The third-order valence-electron chi connectivity index (χ3n) is 6.19. The molecule has 0 aromatic heterocycles. The van der Waals surface area contributed by atoms with Gasteiger partial charge in [-0.2, -0.15) is 0 Å². The zero-order valence-electron chi connectivity index (χ0n) is 18.5. The average molecular weight is 453 g/mol. The third-order valence-corrected chi connectivity index (χ3v) is 6.19.